The van der Waals surface area contributed by atoms with E-state index in [1.54, 1.807) is 13.8 Å². The quantitative estimate of drug-likeness (QED) is 0.141. The van der Waals surface area contributed by atoms with Crippen LogP contribution in [0.25, 0.3) is 0 Å². The molecule has 2 rings (SSSR count). The highest BCUT2D eigenvalue weighted by Crippen LogP contribution is 2.48. The molecule has 0 aliphatic carbocycles. The summed E-state index contributed by atoms with van der Waals surface area (Å²) in [5.41, 5.74) is 5.56. The van der Waals surface area contributed by atoms with Gasteiger partial charge < -0.3 is 20.1 Å². The van der Waals surface area contributed by atoms with Crippen LogP contribution in [0.1, 0.15) is 38.7 Å². The first-order valence-electron chi connectivity index (χ1n) is 11.6. The fraction of sp³-hybridized carbons (Fsp3) is 0.458. The van der Waals surface area contributed by atoms with E-state index < -0.39 is 24.8 Å². The van der Waals surface area contributed by atoms with Crippen molar-refractivity contribution in [3.63, 3.8) is 0 Å². The number of nitrogen functional groups attached to an aromatic ring is 1. The van der Waals surface area contributed by atoms with Crippen LogP contribution >= 0.6 is 30.2 Å². The predicted molar refractivity (Wildman–Crippen MR) is 149 cm³/mol. The Balaban J connectivity index is 2.21. The molecule has 0 aliphatic rings. The number of aryl methyl sites for hydroxylation is 1. The molecule has 1 aromatic heterocycles. The molecule has 12 heteroatoms. The molecule has 36 heavy (non-hydrogen) atoms. The smallest absolute Gasteiger partial charge is 0.333 e. The number of nitrogens with zero attached hydrogens (tertiary/aromatic N) is 2. The molecule has 0 bridgehead atoms. The van der Waals surface area contributed by atoms with E-state index in [4.69, 9.17) is 21.2 Å². The van der Waals surface area contributed by atoms with Crippen molar-refractivity contribution in [2.45, 2.75) is 52.6 Å². The highest BCUT2D eigenvalue weighted by atomic mass is 127. The Morgan fingerprint density at radius 3 is 2.44 bits per heavy atom. The van der Waals surface area contributed by atoms with E-state index in [1.807, 2.05) is 24.3 Å². The van der Waals surface area contributed by atoms with Crippen LogP contribution in [0.15, 0.2) is 33.9 Å². The van der Waals surface area contributed by atoms with Crippen LogP contribution in [0, 0.1) is 15.9 Å². The van der Waals surface area contributed by atoms with Gasteiger partial charge in [-0.05, 0) is 67.3 Å². The maximum absolute atomic E-state index is 12.9. The fourth-order valence-corrected chi connectivity index (χ4v) is 5.95. The number of hydrogen-bond acceptors (Lipinski definition) is 7. The first-order chi connectivity index (χ1) is 17.2. The molecule has 2 aromatic rings. The molecule has 0 fully saturated rings. The van der Waals surface area contributed by atoms with Crippen molar-refractivity contribution in [2.75, 3.05) is 30.4 Å². The van der Waals surface area contributed by atoms with Gasteiger partial charge in [-0.2, -0.15) is 0 Å². The van der Waals surface area contributed by atoms with Gasteiger partial charge in [-0.3, -0.25) is 18.7 Å². The number of nitrogens with two attached hydrogens (primary N) is 1. The lowest BCUT2D eigenvalue weighted by atomic mass is 10.1. The third kappa shape index (κ3) is 8.06. The Kier molecular flexibility index (Phi) is 11.9. The minimum atomic E-state index is -3.22. The second-order valence-corrected chi connectivity index (χ2v) is 11.2. The molecular formula is C24H32IN4O6P. The summed E-state index contributed by atoms with van der Waals surface area (Å²) in [5.74, 6) is 1.72. The van der Waals surface area contributed by atoms with Crippen LogP contribution in [0.5, 0.6) is 0 Å². The zero-order valence-electron chi connectivity index (χ0n) is 20.5. The van der Waals surface area contributed by atoms with Crippen LogP contribution in [0.3, 0.4) is 0 Å². The molecule has 1 heterocycles. The Morgan fingerprint density at radius 1 is 1.17 bits per heavy atom. The van der Waals surface area contributed by atoms with E-state index in [0.717, 1.165) is 13.7 Å². The van der Waals surface area contributed by atoms with Crippen molar-refractivity contribution >= 4 is 47.6 Å². The molecular weight excluding hydrogens is 598 g/mol. The molecule has 0 radical (unpaired) electrons. The van der Waals surface area contributed by atoms with E-state index in [1.165, 1.54) is 4.57 Å². The summed E-state index contributed by atoms with van der Waals surface area (Å²) in [6.45, 7) is 3.83. The second kappa shape index (κ2) is 14.4. The third-order valence-corrected chi connectivity index (χ3v) is 8.50. The number of unbranched alkanes of at least 4 members (excludes halogenated alkanes) is 1. The Morgan fingerprint density at radius 2 is 1.83 bits per heavy atom. The molecule has 10 nitrogen and oxygen atoms in total. The van der Waals surface area contributed by atoms with Crippen LogP contribution in [0.4, 0.5) is 11.5 Å². The minimum absolute atomic E-state index is 0.122. The molecule has 0 saturated heterocycles. The number of benzene rings is 1. The van der Waals surface area contributed by atoms with Gasteiger partial charge in [-0.15, -0.1) is 6.42 Å². The monoisotopic (exact) mass is 630 g/mol. The van der Waals surface area contributed by atoms with Gasteiger partial charge in [-0.25, -0.2) is 9.36 Å². The molecule has 0 aliphatic heterocycles. The van der Waals surface area contributed by atoms with Gasteiger partial charge in [0, 0.05) is 16.5 Å². The number of carbonyl (C=O) groups is 1. The fourth-order valence-electron chi connectivity index (χ4n) is 3.57. The lowest BCUT2D eigenvalue weighted by Crippen LogP contribution is -2.42. The molecule has 0 atom stereocenters. The minimum Gasteiger partial charge on any atom is -0.383 e. The zero-order valence-corrected chi connectivity index (χ0v) is 23.5. The summed E-state index contributed by atoms with van der Waals surface area (Å²) in [4.78, 5) is 38.5. The van der Waals surface area contributed by atoms with E-state index in [2.05, 4.69) is 33.8 Å². The van der Waals surface area contributed by atoms with E-state index in [9.17, 15) is 18.9 Å². The van der Waals surface area contributed by atoms with Crippen molar-refractivity contribution < 1.29 is 18.4 Å². The highest BCUT2D eigenvalue weighted by molar-refractivity contribution is 14.1. The Hall–Kier alpha value is -2.39. The maximum Gasteiger partial charge on any atom is 0.333 e. The van der Waals surface area contributed by atoms with Gasteiger partial charge in [0.15, 0.2) is 0 Å². The Labute approximate surface area is 224 Å². The molecule has 196 valence electrons. The summed E-state index contributed by atoms with van der Waals surface area (Å²) in [5, 5.41) is 2.57. The Bertz CT molecular complexity index is 1260. The molecule has 1 aromatic carbocycles. The highest BCUT2D eigenvalue weighted by Gasteiger charge is 2.23. The summed E-state index contributed by atoms with van der Waals surface area (Å²) >= 11 is 2.20. The van der Waals surface area contributed by atoms with Crippen LogP contribution in [0.2, 0.25) is 0 Å². The number of amides is 1. The summed E-state index contributed by atoms with van der Waals surface area (Å²) in [6.07, 6.45) is 6.96. The average molecular weight is 630 g/mol. The van der Waals surface area contributed by atoms with Crippen LogP contribution in [-0.2, 0) is 37.9 Å². The normalized spacial score (nSPS) is 11.3. The van der Waals surface area contributed by atoms with Crippen molar-refractivity contribution in [3.05, 3.63) is 54.2 Å². The lowest BCUT2D eigenvalue weighted by Gasteiger charge is -2.18. The van der Waals surface area contributed by atoms with Gasteiger partial charge in [0.2, 0.25) is 5.91 Å². The maximum atomic E-state index is 12.9. The molecule has 1 amide bonds. The van der Waals surface area contributed by atoms with Gasteiger partial charge in [-0.1, -0.05) is 24.1 Å². The number of hydrogen-bond donors (Lipinski definition) is 2. The third-order valence-electron chi connectivity index (χ3n) is 5.28. The predicted octanol–water partition coefficient (Wildman–Crippen LogP) is 3.45. The van der Waals surface area contributed by atoms with E-state index in [0.29, 0.717) is 19.3 Å². The lowest BCUT2D eigenvalue weighted by molar-refractivity contribution is -0.116. The molecule has 3 N–H and O–H groups in total. The summed E-state index contributed by atoms with van der Waals surface area (Å²) in [6, 6.07) is 7.68. The van der Waals surface area contributed by atoms with Crippen molar-refractivity contribution in [3.8, 4) is 12.3 Å². The van der Waals surface area contributed by atoms with E-state index in [-0.39, 0.29) is 50.4 Å². The average Bonchev–Trinajstić information content (AvgIpc) is 2.84. The van der Waals surface area contributed by atoms with Crippen molar-refractivity contribution in [1.29, 1.82) is 0 Å². The van der Waals surface area contributed by atoms with Gasteiger partial charge in [0.25, 0.3) is 5.56 Å². The van der Waals surface area contributed by atoms with Gasteiger partial charge >= 0.3 is 13.3 Å². The first-order valence-corrected chi connectivity index (χ1v) is 14.5. The second-order valence-electron chi connectivity index (χ2n) is 7.81. The number of anilines is 2. The topological polar surface area (TPSA) is 135 Å². The van der Waals surface area contributed by atoms with Crippen LogP contribution in [-0.4, -0.2) is 34.4 Å². The molecule has 0 saturated carbocycles. The standard InChI is InChI=1S/C24H32IN4O6P/c1-4-15-29-23(31)21(27-20(30)14-13-18-11-7-8-12-19(18)25)22(26)28(24(29)32)16-9-10-17-36(33,34-5-2)35-6-3/h1,7-8,11-12H,5-6,9-10,13-17,26H2,2-3H3,(H,27,30). The van der Waals surface area contributed by atoms with Crippen molar-refractivity contribution in [1.82, 2.24) is 9.13 Å². The van der Waals surface area contributed by atoms with Crippen LogP contribution < -0.4 is 22.3 Å². The summed E-state index contributed by atoms with van der Waals surface area (Å²) < 4.78 is 26.3. The summed E-state index contributed by atoms with van der Waals surface area (Å²) in [7, 11) is -3.22. The number of aromatic nitrogens is 2. The number of rotatable bonds is 14. The number of halogens is 1. The zero-order chi connectivity index (χ0) is 26.7. The number of terminal acetylenes is 1. The molecule has 0 spiro atoms. The first kappa shape index (κ1) is 29.8. The van der Waals surface area contributed by atoms with E-state index >= 15 is 0 Å². The largest absolute Gasteiger partial charge is 0.383 e. The van der Waals surface area contributed by atoms with Gasteiger partial charge in [0.05, 0.1) is 25.9 Å². The SMILES string of the molecule is C#CCn1c(=O)c(NC(=O)CCc2ccccc2I)c(N)n(CCCCP(=O)(OCC)OCC)c1=O. The van der Waals surface area contributed by atoms with Crippen molar-refractivity contribution in [2.24, 2.45) is 0 Å². The van der Waals surface area contributed by atoms with Gasteiger partial charge in [0.1, 0.15) is 11.5 Å². The molecule has 0 unspecified atom stereocenters. The number of nitrogens with one attached hydrogen (secondary N) is 1. The number of carbonyl (C=O) groups excluding carboxylic acids is 1.